The van der Waals surface area contributed by atoms with Gasteiger partial charge in [-0.3, -0.25) is 9.59 Å². The first-order chi connectivity index (χ1) is 19.9. The molecular weight excluding hydrogens is 538 g/mol. The maximum absolute atomic E-state index is 13.5. The number of benzene rings is 2. The second-order valence-electron chi connectivity index (χ2n) is 10.5. The Morgan fingerprint density at radius 2 is 1.93 bits per heavy atom. The van der Waals surface area contributed by atoms with Crippen molar-refractivity contribution in [3.63, 3.8) is 0 Å². The van der Waals surface area contributed by atoms with Crippen molar-refractivity contribution in [2.45, 2.75) is 57.8 Å². The highest BCUT2D eigenvalue weighted by Crippen LogP contribution is 2.34. The van der Waals surface area contributed by atoms with Gasteiger partial charge in [-0.15, -0.1) is 11.3 Å². The molecule has 1 aliphatic heterocycles. The van der Waals surface area contributed by atoms with Crippen LogP contribution in [0.1, 0.15) is 67.3 Å². The predicted octanol–water partition coefficient (Wildman–Crippen LogP) is 4.22. The normalized spacial score (nSPS) is 16.5. The molecule has 0 saturated carbocycles. The fourth-order valence-electron chi connectivity index (χ4n) is 5.15. The fourth-order valence-corrected chi connectivity index (χ4v) is 6.09. The van der Waals surface area contributed by atoms with Gasteiger partial charge in [0, 0.05) is 47.9 Å². The predicted molar refractivity (Wildman–Crippen MR) is 157 cm³/mol. The van der Waals surface area contributed by atoms with Crippen LogP contribution in [0.5, 0.6) is 0 Å². The van der Waals surface area contributed by atoms with E-state index in [1.165, 1.54) is 0 Å². The number of aliphatic hydroxyl groups is 1. The number of hydrogen-bond acceptors (Lipinski definition) is 8. The van der Waals surface area contributed by atoms with Crippen LogP contribution in [0, 0.1) is 13.8 Å². The summed E-state index contributed by atoms with van der Waals surface area (Å²) >= 11 is 1.58. The van der Waals surface area contributed by atoms with Gasteiger partial charge in [-0.2, -0.15) is 0 Å². The van der Waals surface area contributed by atoms with Crippen molar-refractivity contribution in [1.82, 2.24) is 25.7 Å². The van der Waals surface area contributed by atoms with Crippen LogP contribution in [-0.4, -0.2) is 57.2 Å². The Morgan fingerprint density at radius 1 is 1.12 bits per heavy atom. The van der Waals surface area contributed by atoms with Crippen molar-refractivity contribution in [3.05, 3.63) is 105 Å². The lowest BCUT2D eigenvalue weighted by molar-refractivity contribution is 0.0735. The van der Waals surface area contributed by atoms with Crippen molar-refractivity contribution in [1.29, 1.82) is 0 Å². The summed E-state index contributed by atoms with van der Waals surface area (Å²) in [6.45, 7) is 5.12. The third-order valence-corrected chi connectivity index (χ3v) is 8.29. The first-order valence-electron chi connectivity index (χ1n) is 13.9. The Labute approximate surface area is 243 Å². The average Bonchev–Trinajstić information content (AvgIpc) is 3.74. The van der Waals surface area contributed by atoms with Gasteiger partial charge in [0.05, 0.1) is 23.9 Å². The molecule has 9 nitrogen and oxygen atoms in total. The highest BCUT2D eigenvalue weighted by atomic mass is 32.1. The quantitative estimate of drug-likeness (QED) is 0.246. The first-order valence-corrected chi connectivity index (χ1v) is 14.7. The number of rotatable bonds is 11. The third-order valence-electron chi connectivity index (χ3n) is 7.22. The first kappa shape index (κ1) is 28.7. The van der Waals surface area contributed by atoms with E-state index in [4.69, 9.17) is 4.52 Å². The number of aromatic nitrogens is 2. The van der Waals surface area contributed by atoms with E-state index in [1.807, 2.05) is 60.5 Å². The van der Waals surface area contributed by atoms with Gasteiger partial charge in [-0.1, -0.05) is 41.6 Å². The Morgan fingerprint density at radius 3 is 2.66 bits per heavy atom. The van der Waals surface area contributed by atoms with E-state index in [2.05, 4.69) is 20.8 Å². The van der Waals surface area contributed by atoms with Crippen LogP contribution in [0.2, 0.25) is 0 Å². The van der Waals surface area contributed by atoms with Crippen LogP contribution in [0.25, 0.3) is 0 Å². The van der Waals surface area contributed by atoms with Crippen LogP contribution in [0.15, 0.2) is 70.6 Å². The lowest BCUT2D eigenvalue weighted by Crippen LogP contribution is -2.48. The van der Waals surface area contributed by atoms with Crippen LogP contribution in [0.4, 0.5) is 0 Å². The van der Waals surface area contributed by atoms with Gasteiger partial charge in [-0.25, -0.2) is 4.98 Å². The summed E-state index contributed by atoms with van der Waals surface area (Å²) in [6, 6.07) is 17.7. The Kier molecular flexibility index (Phi) is 9.23. The summed E-state index contributed by atoms with van der Waals surface area (Å²) in [7, 11) is 0. The summed E-state index contributed by atoms with van der Waals surface area (Å²) in [4.78, 5) is 33.4. The van der Waals surface area contributed by atoms with Gasteiger partial charge in [0.15, 0.2) is 0 Å². The third kappa shape index (κ3) is 7.27. The number of likely N-dealkylation sites (tertiary alicyclic amines) is 1. The molecule has 0 radical (unpaired) electrons. The van der Waals surface area contributed by atoms with Crippen LogP contribution in [-0.2, 0) is 13.0 Å². The number of amides is 2. The molecule has 1 fully saturated rings. The molecule has 2 aromatic heterocycles. The number of nitrogens with zero attached hydrogens (tertiary/aromatic N) is 3. The van der Waals surface area contributed by atoms with Gasteiger partial charge in [0.2, 0.25) is 0 Å². The summed E-state index contributed by atoms with van der Waals surface area (Å²) in [6.07, 6.45) is 1.37. The highest BCUT2D eigenvalue weighted by Gasteiger charge is 2.33. The molecule has 5 rings (SSSR count). The zero-order chi connectivity index (χ0) is 28.8. The smallest absolute Gasteiger partial charge is 0.254 e. The van der Waals surface area contributed by atoms with Crippen molar-refractivity contribution < 1.29 is 19.2 Å². The Hall–Kier alpha value is -3.86. The largest absolute Gasteiger partial charge is 0.390 e. The standard InChI is InChI=1S/C31H35N5O4S/c1-20-19-41-30(33-20)27-12-7-13-36(27)31(39)24-11-6-10-23(16-24)29(38)34-26(15-22-8-4-3-5-9-22)28(37)18-32-17-25-14-21(2)40-35-25/h3-6,8-11,14,16,19,26-28,32,37H,7,12-13,15,17-18H2,1-2H3,(H,34,38)/t26-,27?,28+/m0/s1. The summed E-state index contributed by atoms with van der Waals surface area (Å²) in [5, 5.41) is 24.2. The molecule has 4 aromatic rings. The van der Waals surface area contributed by atoms with E-state index in [0.29, 0.717) is 30.6 Å². The summed E-state index contributed by atoms with van der Waals surface area (Å²) in [5.41, 5.74) is 3.52. The molecular formula is C31H35N5O4S. The maximum Gasteiger partial charge on any atom is 0.254 e. The molecule has 2 aromatic carbocycles. The second kappa shape index (κ2) is 13.2. The molecule has 0 spiro atoms. The van der Waals surface area contributed by atoms with Crippen molar-refractivity contribution in [3.8, 4) is 0 Å². The lowest BCUT2D eigenvalue weighted by atomic mass is 10.00. The van der Waals surface area contributed by atoms with Crippen LogP contribution < -0.4 is 10.6 Å². The zero-order valence-electron chi connectivity index (χ0n) is 23.2. The number of thiazole rings is 1. The average molecular weight is 574 g/mol. The number of hydrogen-bond donors (Lipinski definition) is 3. The minimum atomic E-state index is -0.871. The van der Waals surface area contributed by atoms with E-state index in [9.17, 15) is 14.7 Å². The minimum Gasteiger partial charge on any atom is -0.390 e. The molecule has 3 atom stereocenters. The topological polar surface area (TPSA) is 121 Å². The lowest BCUT2D eigenvalue weighted by Gasteiger charge is -2.25. The molecule has 10 heteroatoms. The monoisotopic (exact) mass is 573 g/mol. The van der Waals surface area contributed by atoms with E-state index in [1.54, 1.807) is 35.6 Å². The van der Waals surface area contributed by atoms with Gasteiger partial charge in [0.25, 0.3) is 11.8 Å². The van der Waals surface area contributed by atoms with Gasteiger partial charge in [-0.05, 0) is 56.9 Å². The van der Waals surface area contributed by atoms with E-state index >= 15 is 0 Å². The van der Waals surface area contributed by atoms with E-state index in [0.717, 1.165) is 40.6 Å². The Balaban J connectivity index is 1.27. The molecule has 1 aliphatic rings. The fraction of sp³-hybridized carbons (Fsp3) is 0.355. The van der Waals surface area contributed by atoms with Crippen LogP contribution in [0.3, 0.4) is 0 Å². The molecule has 3 N–H and O–H groups in total. The van der Waals surface area contributed by atoms with Gasteiger partial charge in [0.1, 0.15) is 10.8 Å². The molecule has 3 heterocycles. The second-order valence-corrected chi connectivity index (χ2v) is 11.4. The summed E-state index contributed by atoms with van der Waals surface area (Å²) in [5.74, 6) is 0.263. The molecule has 0 aliphatic carbocycles. The van der Waals surface area contributed by atoms with Gasteiger partial charge >= 0.3 is 0 Å². The van der Waals surface area contributed by atoms with Crippen molar-refractivity contribution in [2.75, 3.05) is 13.1 Å². The number of aliphatic hydroxyl groups excluding tert-OH is 1. The Bertz CT molecular complexity index is 1470. The summed E-state index contributed by atoms with van der Waals surface area (Å²) < 4.78 is 5.10. The highest BCUT2D eigenvalue weighted by molar-refractivity contribution is 7.09. The molecule has 1 unspecified atom stereocenters. The number of aryl methyl sites for hydroxylation is 2. The minimum absolute atomic E-state index is 0.0438. The SMILES string of the molecule is Cc1csc(C2CCCN2C(=O)c2cccc(C(=O)N[C@@H](Cc3ccccc3)[C@H](O)CNCc3cc(C)on3)c2)n1. The molecule has 1 saturated heterocycles. The number of carbonyl (C=O) groups excluding carboxylic acids is 2. The van der Waals surface area contributed by atoms with Crippen LogP contribution >= 0.6 is 11.3 Å². The maximum atomic E-state index is 13.5. The van der Waals surface area contributed by atoms with Crippen molar-refractivity contribution >= 4 is 23.2 Å². The number of nitrogens with one attached hydrogen (secondary N) is 2. The van der Waals surface area contributed by atoms with E-state index < -0.39 is 12.1 Å². The molecule has 214 valence electrons. The van der Waals surface area contributed by atoms with Gasteiger partial charge < -0.3 is 25.2 Å². The molecule has 2 amide bonds. The van der Waals surface area contributed by atoms with E-state index in [-0.39, 0.29) is 24.4 Å². The molecule has 0 bridgehead atoms. The van der Waals surface area contributed by atoms with Crippen molar-refractivity contribution in [2.24, 2.45) is 0 Å². The number of carbonyl (C=O) groups is 2. The molecule has 41 heavy (non-hydrogen) atoms. The zero-order valence-corrected chi connectivity index (χ0v) is 24.1.